The zero-order chi connectivity index (χ0) is 15.9. The number of rotatable bonds is 2. The maximum atomic E-state index is 12.1. The Kier molecular flexibility index (Phi) is 3.95. The Hall–Kier alpha value is -1.66. The van der Waals surface area contributed by atoms with Crippen molar-refractivity contribution in [2.75, 3.05) is 0 Å². The number of hydrogen-bond acceptors (Lipinski definition) is 4. The van der Waals surface area contributed by atoms with E-state index in [9.17, 15) is 14.9 Å². The fourth-order valence-corrected chi connectivity index (χ4v) is 2.88. The molecular weight excluding hydrogens is 317 g/mol. The zero-order valence-electron chi connectivity index (χ0n) is 11.6. The van der Waals surface area contributed by atoms with Crippen LogP contribution in [0.25, 0.3) is 0 Å². The molecule has 2 rings (SSSR count). The number of nitro groups is 1. The second-order valence-corrected chi connectivity index (χ2v) is 6.55. The Bertz CT molecular complexity index is 642. The molecule has 21 heavy (non-hydrogen) atoms. The molecule has 1 unspecified atom stereocenters. The molecule has 1 aromatic rings. The van der Waals surface area contributed by atoms with Gasteiger partial charge in [0.05, 0.1) is 20.7 Å². The van der Waals surface area contributed by atoms with Crippen LogP contribution in [-0.4, -0.2) is 16.5 Å². The lowest BCUT2D eigenvalue weighted by Gasteiger charge is -2.23. The van der Waals surface area contributed by atoms with Crippen molar-refractivity contribution >= 4 is 40.5 Å². The maximum absolute atomic E-state index is 12.1. The number of benzene rings is 1. The van der Waals surface area contributed by atoms with Crippen LogP contribution >= 0.6 is 23.2 Å². The Balaban J connectivity index is 2.58. The number of carbonyl (C=O) groups is 1. The van der Waals surface area contributed by atoms with Gasteiger partial charge in [-0.05, 0) is 0 Å². The summed E-state index contributed by atoms with van der Waals surface area (Å²) >= 11 is 12.2. The molecule has 1 aliphatic rings. The molecule has 0 fully saturated rings. The van der Waals surface area contributed by atoms with Crippen LogP contribution in [0.4, 0.5) is 5.69 Å². The van der Waals surface area contributed by atoms with Gasteiger partial charge in [0.15, 0.2) is 0 Å². The van der Waals surface area contributed by atoms with E-state index < -0.39 is 10.8 Å². The summed E-state index contributed by atoms with van der Waals surface area (Å²) in [5.41, 5.74) is 2.75. The highest BCUT2D eigenvalue weighted by Crippen LogP contribution is 2.40. The Labute approximate surface area is 131 Å². The molecule has 0 bridgehead atoms. The minimum atomic E-state index is -0.745. The number of non-ortho nitro benzene ring substituents is 1. The van der Waals surface area contributed by atoms with Crippen LogP contribution in [0.1, 0.15) is 32.3 Å². The fourth-order valence-electron chi connectivity index (χ4n) is 2.19. The maximum Gasteiger partial charge on any atom is 0.272 e. The molecule has 1 aliphatic heterocycles. The second kappa shape index (κ2) is 5.27. The topological polar surface area (TPSA) is 84.6 Å². The van der Waals surface area contributed by atoms with Crippen molar-refractivity contribution in [2.24, 2.45) is 10.5 Å². The molecule has 0 aliphatic carbocycles. The molecule has 0 radical (unpaired) electrons. The molecule has 1 amide bonds. The number of nitrogens with one attached hydrogen (secondary N) is 1. The minimum absolute atomic E-state index is 0.0770. The van der Waals surface area contributed by atoms with E-state index in [1.165, 1.54) is 12.1 Å². The Morgan fingerprint density at radius 2 is 1.81 bits per heavy atom. The number of nitrogens with zero attached hydrogens (tertiary/aromatic N) is 2. The van der Waals surface area contributed by atoms with E-state index in [1.807, 2.05) is 20.8 Å². The van der Waals surface area contributed by atoms with Gasteiger partial charge < -0.3 is 0 Å². The zero-order valence-corrected chi connectivity index (χ0v) is 13.1. The molecule has 0 aromatic heterocycles. The van der Waals surface area contributed by atoms with Crippen molar-refractivity contribution in [3.05, 3.63) is 37.9 Å². The lowest BCUT2D eigenvalue weighted by molar-refractivity contribution is -0.384. The van der Waals surface area contributed by atoms with Gasteiger partial charge in [-0.25, -0.2) is 5.43 Å². The van der Waals surface area contributed by atoms with E-state index in [4.69, 9.17) is 23.2 Å². The first-order chi connectivity index (χ1) is 9.62. The molecule has 0 saturated carbocycles. The molecule has 8 heteroatoms. The molecule has 6 nitrogen and oxygen atoms in total. The third-order valence-corrected chi connectivity index (χ3v) is 3.78. The number of hydrazone groups is 1. The molecule has 1 N–H and O–H groups in total. The van der Waals surface area contributed by atoms with Gasteiger partial charge in [-0.3, -0.25) is 14.9 Å². The first-order valence-corrected chi connectivity index (χ1v) is 6.89. The summed E-state index contributed by atoms with van der Waals surface area (Å²) in [7, 11) is 0. The summed E-state index contributed by atoms with van der Waals surface area (Å²) in [6, 6.07) is 2.38. The molecule has 1 heterocycles. The molecule has 0 spiro atoms. The molecular formula is C13H13Cl2N3O3. The van der Waals surface area contributed by atoms with Gasteiger partial charge in [0.1, 0.15) is 5.92 Å². The number of hydrogen-bond donors (Lipinski definition) is 1. The number of nitro benzene ring substituents is 1. The normalized spacial score (nSPS) is 18.4. The predicted octanol–water partition coefficient (Wildman–Crippen LogP) is 3.52. The first-order valence-electron chi connectivity index (χ1n) is 6.14. The largest absolute Gasteiger partial charge is 0.272 e. The summed E-state index contributed by atoms with van der Waals surface area (Å²) in [6.45, 7) is 5.73. The van der Waals surface area contributed by atoms with Gasteiger partial charge in [0.25, 0.3) is 11.6 Å². The van der Waals surface area contributed by atoms with E-state index >= 15 is 0 Å². The average molecular weight is 330 g/mol. The minimum Gasteiger partial charge on any atom is -0.272 e. The first kappa shape index (κ1) is 15.7. The summed E-state index contributed by atoms with van der Waals surface area (Å²) < 4.78 is 0. The highest BCUT2D eigenvalue weighted by molar-refractivity contribution is 6.38. The van der Waals surface area contributed by atoms with E-state index in [1.54, 1.807) is 0 Å². The van der Waals surface area contributed by atoms with Gasteiger partial charge in [0.2, 0.25) is 0 Å². The summed E-state index contributed by atoms with van der Waals surface area (Å²) in [6.07, 6.45) is 0. The van der Waals surface area contributed by atoms with Crippen molar-refractivity contribution in [3.8, 4) is 0 Å². The van der Waals surface area contributed by atoms with Crippen LogP contribution < -0.4 is 5.43 Å². The van der Waals surface area contributed by atoms with Gasteiger partial charge in [0, 0.05) is 23.1 Å². The summed E-state index contributed by atoms with van der Waals surface area (Å²) in [5, 5.41) is 15.0. The van der Waals surface area contributed by atoms with Crippen LogP contribution in [0.15, 0.2) is 17.2 Å². The molecule has 1 aromatic carbocycles. The van der Waals surface area contributed by atoms with Crippen LogP contribution in [-0.2, 0) is 4.79 Å². The third-order valence-electron chi connectivity index (χ3n) is 3.15. The van der Waals surface area contributed by atoms with Crippen LogP contribution in [0.2, 0.25) is 10.0 Å². The Morgan fingerprint density at radius 3 is 2.24 bits per heavy atom. The van der Waals surface area contributed by atoms with Gasteiger partial charge in [-0.1, -0.05) is 44.0 Å². The van der Waals surface area contributed by atoms with Crippen LogP contribution in [0.3, 0.4) is 0 Å². The lowest BCUT2D eigenvalue weighted by Crippen LogP contribution is -2.29. The van der Waals surface area contributed by atoms with Crippen molar-refractivity contribution in [1.29, 1.82) is 0 Å². The molecule has 1 atom stereocenters. The average Bonchev–Trinajstić information content (AvgIpc) is 2.70. The van der Waals surface area contributed by atoms with Crippen molar-refractivity contribution < 1.29 is 9.72 Å². The van der Waals surface area contributed by atoms with Crippen LogP contribution in [0, 0.1) is 15.5 Å². The van der Waals surface area contributed by atoms with Gasteiger partial charge >= 0.3 is 0 Å². The predicted molar refractivity (Wildman–Crippen MR) is 80.9 cm³/mol. The van der Waals surface area contributed by atoms with E-state index in [0.29, 0.717) is 11.3 Å². The highest BCUT2D eigenvalue weighted by Gasteiger charge is 2.40. The molecule has 112 valence electrons. The van der Waals surface area contributed by atoms with E-state index in [0.717, 1.165) is 0 Å². The number of carbonyl (C=O) groups excluding carboxylic acids is 1. The highest BCUT2D eigenvalue weighted by atomic mass is 35.5. The van der Waals surface area contributed by atoms with E-state index in [2.05, 4.69) is 10.5 Å². The van der Waals surface area contributed by atoms with Crippen molar-refractivity contribution in [3.63, 3.8) is 0 Å². The standard InChI is InChI=1S/C13H13Cl2N3O3/c1-13(2,3)11-10(12(19)17-16-11)9-7(14)4-6(18(20)21)5-8(9)15/h4-5,10H,1-3H3,(H,17,19). The van der Waals surface area contributed by atoms with Gasteiger partial charge in [-0.2, -0.15) is 5.10 Å². The number of amides is 1. The Morgan fingerprint density at radius 1 is 1.29 bits per heavy atom. The van der Waals surface area contributed by atoms with Crippen LogP contribution in [0.5, 0.6) is 0 Å². The van der Waals surface area contributed by atoms with Crippen molar-refractivity contribution in [2.45, 2.75) is 26.7 Å². The summed E-state index contributed by atoms with van der Waals surface area (Å²) in [4.78, 5) is 22.3. The monoisotopic (exact) mass is 329 g/mol. The lowest BCUT2D eigenvalue weighted by atomic mass is 9.79. The van der Waals surface area contributed by atoms with Gasteiger partial charge in [-0.15, -0.1) is 0 Å². The SMILES string of the molecule is CC(C)(C)C1=NNC(=O)C1c1c(Cl)cc([N+](=O)[O-])cc1Cl. The molecule has 0 saturated heterocycles. The smallest absolute Gasteiger partial charge is 0.272 e. The fraction of sp³-hybridized carbons (Fsp3) is 0.385. The summed E-state index contributed by atoms with van der Waals surface area (Å²) in [5.74, 6) is -1.09. The number of halogens is 2. The van der Waals surface area contributed by atoms with Crippen molar-refractivity contribution in [1.82, 2.24) is 5.43 Å². The van der Waals surface area contributed by atoms with E-state index in [-0.39, 0.29) is 27.1 Å². The quantitative estimate of drug-likeness (QED) is 0.665. The third kappa shape index (κ3) is 2.87. The second-order valence-electron chi connectivity index (χ2n) is 5.74.